The summed E-state index contributed by atoms with van der Waals surface area (Å²) < 4.78 is 10.5. The van der Waals surface area contributed by atoms with Gasteiger partial charge in [0.15, 0.2) is 5.78 Å². The molecule has 0 bridgehead atoms. The van der Waals surface area contributed by atoms with E-state index in [9.17, 15) is 4.79 Å². The van der Waals surface area contributed by atoms with Gasteiger partial charge in [0.05, 0.1) is 6.61 Å². The summed E-state index contributed by atoms with van der Waals surface area (Å²) in [5.74, 6) is 0.942. The van der Waals surface area contributed by atoms with Crippen LogP contribution >= 0.6 is 0 Å². The average Bonchev–Trinajstić information content (AvgIpc) is 2.29. The molecule has 0 aliphatic heterocycles. The minimum absolute atomic E-state index is 0.120. The smallest absolute Gasteiger partial charge is 0.158 e. The maximum Gasteiger partial charge on any atom is 0.158 e. The molecule has 82 valence electrons. The van der Waals surface area contributed by atoms with E-state index in [0.717, 1.165) is 5.75 Å². The Hall–Kier alpha value is -1.35. The Morgan fingerprint density at radius 2 is 1.93 bits per heavy atom. The number of ketones is 1. The van der Waals surface area contributed by atoms with Gasteiger partial charge in [0.2, 0.25) is 0 Å². The lowest BCUT2D eigenvalue weighted by Gasteiger charge is -2.05. The largest absolute Gasteiger partial charge is 0.491 e. The number of para-hydroxylation sites is 1. The zero-order valence-electron chi connectivity index (χ0n) is 8.94. The fourth-order valence-corrected chi connectivity index (χ4v) is 1.02. The summed E-state index contributed by atoms with van der Waals surface area (Å²) in [6.45, 7) is 2.93. The molecule has 0 radical (unpaired) electrons. The quantitative estimate of drug-likeness (QED) is 0.643. The first-order chi connectivity index (χ1) is 7.33. The normalized spacial score (nSPS) is 9.93. The maximum atomic E-state index is 10.9. The third-order valence-corrected chi connectivity index (χ3v) is 1.90. The molecule has 0 saturated heterocycles. The molecule has 0 amide bonds. The van der Waals surface area contributed by atoms with Crippen molar-refractivity contribution in [1.82, 2.24) is 0 Å². The molecule has 0 heterocycles. The first-order valence-corrected chi connectivity index (χ1v) is 5.10. The molecule has 0 fully saturated rings. The van der Waals surface area contributed by atoms with Gasteiger partial charge in [0.25, 0.3) is 0 Å². The lowest BCUT2D eigenvalue weighted by Crippen LogP contribution is -2.12. The van der Waals surface area contributed by atoms with Crippen LogP contribution in [0, 0.1) is 0 Å². The highest BCUT2D eigenvalue weighted by Crippen LogP contribution is 2.07. The molecular formula is C12H16O3. The summed E-state index contributed by atoms with van der Waals surface area (Å²) in [6, 6.07) is 9.53. The van der Waals surface area contributed by atoms with Crippen LogP contribution in [0.2, 0.25) is 0 Å². The summed E-state index contributed by atoms with van der Waals surface area (Å²) in [5, 5.41) is 0. The zero-order chi connectivity index (χ0) is 10.9. The number of hydrogen-bond donors (Lipinski definition) is 0. The third kappa shape index (κ3) is 5.18. The number of Topliss-reactive ketones (excluding diaryl/α,β-unsaturated/α-hetero) is 1. The van der Waals surface area contributed by atoms with Gasteiger partial charge in [-0.1, -0.05) is 25.1 Å². The van der Waals surface area contributed by atoms with E-state index in [0.29, 0.717) is 19.6 Å². The van der Waals surface area contributed by atoms with E-state index < -0.39 is 0 Å². The van der Waals surface area contributed by atoms with Gasteiger partial charge >= 0.3 is 0 Å². The second-order valence-corrected chi connectivity index (χ2v) is 3.11. The molecule has 3 nitrogen and oxygen atoms in total. The number of hydrogen-bond acceptors (Lipinski definition) is 3. The lowest BCUT2D eigenvalue weighted by atomic mass is 10.3. The first-order valence-electron chi connectivity index (χ1n) is 5.10. The fraction of sp³-hybridized carbons (Fsp3) is 0.417. The van der Waals surface area contributed by atoms with Crippen LogP contribution in [0.15, 0.2) is 30.3 Å². The Morgan fingerprint density at radius 1 is 1.20 bits per heavy atom. The Bertz CT molecular complexity index is 282. The van der Waals surface area contributed by atoms with E-state index in [1.54, 1.807) is 0 Å². The van der Waals surface area contributed by atoms with Crippen LogP contribution in [0.1, 0.15) is 13.3 Å². The topological polar surface area (TPSA) is 35.5 Å². The van der Waals surface area contributed by atoms with Crippen LogP contribution in [0.3, 0.4) is 0 Å². The Balaban J connectivity index is 2.05. The van der Waals surface area contributed by atoms with Crippen LogP contribution in [-0.4, -0.2) is 25.6 Å². The summed E-state index contributed by atoms with van der Waals surface area (Å²) in [6.07, 6.45) is 0.527. The van der Waals surface area contributed by atoms with Crippen molar-refractivity contribution in [2.75, 3.05) is 19.8 Å². The molecule has 0 saturated carbocycles. The molecule has 0 unspecified atom stereocenters. The standard InChI is InChI=1S/C12H16O3/c1-2-11(13)10-14-8-9-15-12-6-4-3-5-7-12/h3-7H,2,8-10H2,1H3. The average molecular weight is 208 g/mol. The molecule has 0 aliphatic rings. The minimum Gasteiger partial charge on any atom is -0.491 e. The van der Waals surface area contributed by atoms with Crippen molar-refractivity contribution in [3.63, 3.8) is 0 Å². The zero-order valence-corrected chi connectivity index (χ0v) is 8.94. The number of ether oxygens (including phenoxy) is 2. The van der Waals surface area contributed by atoms with E-state index in [1.807, 2.05) is 37.3 Å². The van der Waals surface area contributed by atoms with Crippen LogP contribution < -0.4 is 4.74 Å². The maximum absolute atomic E-state index is 10.9. The number of carbonyl (C=O) groups excluding carboxylic acids is 1. The van der Waals surface area contributed by atoms with Gasteiger partial charge in [0, 0.05) is 6.42 Å². The predicted octanol–water partition coefficient (Wildman–Crippen LogP) is 2.06. The predicted molar refractivity (Wildman–Crippen MR) is 58.1 cm³/mol. The molecule has 1 rings (SSSR count). The molecule has 0 atom stereocenters. The van der Waals surface area contributed by atoms with Gasteiger partial charge in [-0.2, -0.15) is 0 Å². The van der Waals surface area contributed by atoms with Crippen molar-refractivity contribution in [2.24, 2.45) is 0 Å². The molecule has 0 N–H and O–H groups in total. The van der Waals surface area contributed by atoms with Gasteiger partial charge < -0.3 is 9.47 Å². The Kier molecular flexibility index (Phi) is 5.48. The Morgan fingerprint density at radius 3 is 2.60 bits per heavy atom. The van der Waals surface area contributed by atoms with Crippen LogP contribution in [-0.2, 0) is 9.53 Å². The first kappa shape index (κ1) is 11.7. The van der Waals surface area contributed by atoms with Gasteiger partial charge in [-0.25, -0.2) is 0 Å². The lowest BCUT2D eigenvalue weighted by molar-refractivity contribution is -0.123. The number of benzene rings is 1. The number of carbonyl (C=O) groups is 1. The molecule has 15 heavy (non-hydrogen) atoms. The minimum atomic E-state index is 0.120. The SMILES string of the molecule is CCC(=O)COCCOc1ccccc1. The Labute approximate surface area is 90.0 Å². The second-order valence-electron chi connectivity index (χ2n) is 3.11. The van der Waals surface area contributed by atoms with E-state index >= 15 is 0 Å². The molecule has 1 aromatic rings. The highest BCUT2D eigenvalue weighted by molar-refractivity contribution is 5.79. The molecule has 0 aromatic heterocycles. The van der Waals surface area contributed by atoms with Crippen molar-refractivity contribution in [3.8, 4) is 5.75 Å². The fourth-order valence-electron chi connectivity index (χ4n) is 1.02. The molecule has 0 aliphatic carbocycles. The van der Waals surface area contributed by atoms with E-state index in [1.165, 1.54) is 0 Å². The van der Waals surface area contributed by atoms with Crippen LogP contribution in [0.25, 0.3) is 0 Å². The summed E-state index contributed by atoms with van der Waals surface area (Å²) in [5.41, 5.74) is 0. The van der Waals surface area contributed by atoms with Crippen molar-refractivity contribution >= 4 is 5.78 Å². The van der Waals surface area contributed by atoms with Gasteiger partial charge in [-0.3, -0.25) is 4.79 Å². The van der Waals surface area contributed by atoms with E-state index in [4.69, 9.17) is 9.47 Å². The van der Waals surface area contributed by atoms with Crippen molar-refractivity contribution in [2.45, 2.75) is 13.3 Å². The molecule has 3 heteroatoms. The van der Waals surface area contributed by atoms with Gasteiger partial charge in [-0.05, 0) is 12.1 Å². The highest BCUT2D eigenvalue weighted by Gasteiger charge is 1.97. The monoisotopic (exact) mass is 208 g/mol. The molecule has 1 aromatic carbocycles. The van der Waals surface area contributed by atoms with E-state index in [2.05, 4.69) is 0 Å². The summed E-state index contributed by atoms with van der Waals surface area (Å²) in [4.78, 5) is 10.9. The highest BCUT2D eigenvalue weighted by atomic mass is 16.5. The summed E-state index contributed by atoms with van der Waals surface area (Å²) in [7, 11) is 0. The second kappa shape index (κ2) is 7.01. The van der Waals surface area contributed by atoms with Crippen LogP contribution in [0.4, 0.5) is 0 Å². The van der Waals surface area contributed by atoms with Gasteiger partial charge in [-0.15, -0.1) is 0 Å². The van der Waals surface area contributed by atoms with Crippen molar-refractivity contribution < 1.29 is 14.3 Å². The molecular weight excluding hydrogens is 192 g/mol. The molecule has 0 spiro atoms. The van der Waals surface area contributed by atoms with E-state index in [-0.39, 0.29) is 12.4 Å². The van der Waals surface area contributed by atoms with Gasteiger partial charge in [0.1, 0.15) is 19.0 Å². The third-order valence-electron chi connectivity index (χ3n) is 1.90. The van der Waals surface area contributed by atoms with Crippen LogP contribution in [0.5, 0.6) is 5.75 Å². The summed E-state index contributed by atoms with van der Waals surface area (Å²) >= 11 is 0. The van der Waals surface area contributed by atoms with Crippen molar-refractivity contribution in [3.05, 3.63) is 30.3 Å². The number of rotatable bonds is 7. The van der Waals surface area contributed by atoms with Crippen molar-refractivity contribution in [1.29, 1.82) is 0 Å².